The van der Waals surface area contributed by atoms with Crippen LogP contribution in [0.2, 0.25) is 0 Å². The number of aromatic nitrogens is 1. The molecule has 1 aromatic heterocycles. The molecule has 0 saturated carbocycles. The molecule has 9 heteroatoms. The third-order valence-corrected chi connectivity index (χ3v) is 6.30. The molecule has 156 valence electrons. The summed E-state index contributed by atoms with van der Waals surface area (Å²) in [7, 11) is 4.65. The number of rotatable bonds is 7. The van der Waals surface area contributed by atoms with Gasteiger partial charge in [-0.2, -0.15) is 0 Å². The molecule has 2 N–H and O–H groups in total. The van der Waals surface area contributed by atoms with E-state index in [0.29, 0.717) is 45.0 Å². The van der Waals surface area contributed by atoms with Crippen molar-refractivity contribution in [1.29, 1.82) is 0 Å². The van der Waals surface area contributed by atoms with Gasteiger partial charge in [-0.1, -0.05) is 17.3 Å². The highest BCUT2D eigenvalue weighted by Crippen LogP contribution is 2.56. The van der Waals surface area contributed by atoms with Crippen LogP contribution in [-0.4, -0.2) is 38.1 Å². The highest BCUT2D eigenvalue weighted by Gasteiger charge is 2.36. The summed E-state index contributed by atoms with van der Waals surface area (Å²) in [6.45, 7) is 0. The Bertz CT molecular complexity index is 1210. The molecule has 1 heterocycles. The highest BCUT2D eigenvalue weighted by atomic mass is 32.2. The number of primary amides is 1. The first-order valence-corrected chi connectivity index (χ1v) is 10.2. The normalized spacial score (nSPS) is 14.3. The zero-order valence-corrected chi connectivity index (χ0v) is 17.5. The summed E-state index contributed by atoms with van der Waals surface area (Å²) < 4.78 is 21.9. The van der Waals surface area contributed by atoms with Crippen LogP contribution in [0.1, 0.15) is 22.9 Å². The Labute approximate surface area is 176 Å². The number of amides is 1. The second kappa shape index (κ2) is 7.91. The topological polar surface area (TPSA) is 114 Å². The summed E-state index contributed by atoms with van der Waals surface area (Å²) in [6, 6.07) is 7.27. The molecule has 8 nitrogen and oxygen atoms in total. The van der Waals surface area contributed by atoms with Crippen molar-refractivity contribution in [2.24, 2.45) is 5.73 Å². The van der Waals surface area contributed by atoms with Gasteiger partial charge in [0.15, 0.2) is 11.5 Å². The van der Waals surface area contributed by atoms with Crippen molar-refractivity contribution in [3.8, 4) is 28.4 Å². The van der Waals surface area contributed by atoms with E-state index < -0.39 is 5.63 Å². The Morgan fingerprint density at radius 3 is 2.63 bits per heavy atom. The van der Waals surface area contributed by atoms with Gasteiger partial charge in [-0.3, -0.25) is 4.79 Å². The number of nitrogens with zero attached hydrogens (tertiary/aromatic N) is 1. The number of ether oxygens (including phenoxy) is 3. The van der Waals surface area contributed by atoms with Crippen molar-refractivity contribution in [3.05, 3.63) is 45.9 Å². The van der Waals surface area contributed by atoms with Crippen molar-refractivity contribution < 1.29 is 23.5 Å². The van der Waals surface area contributed by atoms with Crippen LogP contribution in [0.5, 0.6) is 17.2 Å². The number of nitrogens with two attached hydrogens (primary N) is 1. The Balaban J connectivity index is 2.10. The average Bonchev–Trinajstić information content (AvgIpc) is 2.75. The Morgan fingerprint density at radius 1 is 1.20 bits per heavy atom. The molecule has 0 radical (unpaired) electrons. The van der Waals surface area contributed by atoms with Gasteiger partial charge >= 0.3 is 5.63 Å². The standard InChI is InChI=1S/C21H20N2O6S/c1-26-12-6-4-5-10-15(12)20(30-8-7-14(22)24)18-16-11(21(25)29-23-18)9-13(27-2)19(28-3)17(10)16/h4-6,9,20H,7-8H2,1-3H3,(H2,22,24)/t20-/m0/s1. The number of carbonyl (C=O) groups excluding carboxylic acids is 1. The van der Waals surface area contributed by atoms with Gasteiger partial charge in [0.2, 0.25) is 5.91 Å². The minimum absolute atomic E-state index is 0.213. The predicted molar refractivity (Wildman–Crippen MR) is 113 cm³/mol. The van der Waals surface area contributed by atoms with Gasteiger partial charge < -0.3 is 24.5 Å². The van der Waals surface area contributed by atoms with E-state index in [2.05, 4.69) is 5.16 Å². The van der Waals surface area contributed by atoms with E-state index in [-0.39, 0.29) is 17.6 Å². The quantitative estimate of drug-likeness (QED) is 0.611. The number of hydrogen-bond donors (Lipinski definition) is 1. The lowest BCUT2D eigenvalue weighted by Crippen LogP contribution is -2.16. The molecule has 30 heavy (non-hydrogen) atoms. The lowest BCUT2D eigenvalue weighted by Gasteiger charge is -2.29. The van der Waals surface area contributed by atoms with E-state index in [1.807, 2.05) is 18.2 Å². The smallest absolute Gasteiger partial charge is 0.366 e. The number of fused-ring (bicyclic) bond motifs is 2. The summed E-state index contributed by atoms with van der Waals surface area (Å²) in [5, 5.41) is 4.81. The highest BCUT2D eigenvalue weighted by molar-refractivity contribution is 7.99. The molecule has 0 aliphatic heterocycles. The average molecular weight is 428 g/mol. The van der Waals surface area contributed by atoms with E-state index in [4.69, 9.17) is 24.5 Å². The molecule has 4 rings (SSSR count). The van der Waals surface area contributed by atoms with Gasteiger partial charge in [0.05, 0.1) is 32.0 Å². The Kier molecular flexibility index (Phi) is 5.29. The van der Waals surface area contributed by atoms with Crippen molar-refractivity contribution in [2.45, 2.75) is 11.7 Å². The lowest BCUT2D eigenvalue weighted by atomic mass is 9.85. The molecule has 0 saturated heterocycles. The van der Waals surface area contributed by atoms with Crippen LogP contribution >= 0.6 is 11.8 Å². The van der Waals surface area contributed by atoms with Crippen LogP contribution in [0.3, 0.4) is 0 Å². The number of benzene rings is 2. The first-order chi connectivity index (χ1) is 14.5. The maximum Gasteiger partial charge on any atom is 0.366 e. The van der Waals surface area contributed by atoms with Crippen LogP contribution in [0.4, 0.5) is 0 Å². The van der Waals surface area contributed by atoms with Gasteiger partial charge in [0.1, 0.15) is 11.4 Å². The van der Waals surface area contributed by atoms with Gasteiger partial charge in [-0.15, -0.1) is 11.8 Å². The molecule has 2 aromatic carbocycles. The molecule has 1 aliphatic carbocycles. The van der Waals surface area contributed by atoms with E-state index in [1.54, 1.807) is 20.3 Å². The fourth-order valence-electron chi connectivity index (χ4n) is 3.83. The van der Waals surface area contributed by atoms with Crippen LogP contribution in [0, 0.1) is 0 Å². The molecule has 0 bridgehead atoms. The zero-order chi connectivity index (χ0) is 21.4. The second-order valence-electron chi connectivity index (χ2n) is 6.65. The Morgan fingerprint density at radius 2 is 1.97 bits per heavy atom. The molecule has 0 unspecified atom stereocenters. The largest absolute Gasteiger partial charge is 0.496 e. The molecule has 0 fully saturated rings. The Hall–Kier alpha value is -3.20. The number of hydrogen-bond acceptors (Lipinski definition) is 8. The molecule has 1 amide bonds. The second-order valence-corrected chi connectivity index (χ2v) is 7.87. The number of thioether (sulfide) groups is 1. The first-order valence-electron chi connectivity index (χ1n) is 9.17. The summed E-state index contributed by atoms with van der Waals surface area (Å²) >= 11 is 1.49. The van der Waals surface area contributed by atoms with Crippen molar-refractivity contribution in [1.82, 2.24) is 5.16 Å². The SMILES string of the molecule is COc1cc2c(=O)onc3c2c(c1OC)-c1cccc(OC)c1[C@@H]3SCCC(N)=O. The molecule has 1 aliphatic rings. The first kappa shape index (κ1) is 20.1. The molecular formula is C21H20N2O6S. The van der Waals surface area contributed by atoms with Crippen LogP contribution in [0.15, 0.2) is 33.6 Å². The monoisotopic (exact) mass is 428 g/mol. The van der Waals surface area contributed by atoms with E-state index in [0.717, 1.165) is 11.1 Å². The van der Waals surface area contributed by atoms with Gasteiger partial charge in [-0.25, -0.2) is 4.79 Å². The van der Waals surface area contributed by atoms with E-state index in [1.165, 1.54) is 18.9 Å². The van der Waals surface area contributed by atoms with E-state index in [9.17, 15) is 9.59 Å². The minimum atomic E-state index is -0.566. The predicted octanol–water partition coefficient (Wildman–Crippen LogP) is 2.89. The summed E-state index contributed by atoms with van der Waals surface area (Å²) in [5.74, 6) is 1.65. The van der Waals surface area contributed by atoms with Crippen molar-refractivity contribution in [2.75, 3.05) is 27.1 Å². The fourth-order valence-corrected chi connectivity index (χ4v) is 5.11. The van der Waals surface area contributed by atoms with Gasteiger partial charge in [-0.05, 0) is 17.7 Å². The van der Waals surface area contributed by atoms with Crippen LogP contribution in [-0.2, 0) is 4.79 Å². The zero-order valence-electron chi connectivity index (χ0n) is 16.7. The maximum absolute atomic E-state index is 12.5. The third kappa shape index (κ3) is 3.06. The summed E-state index contributed by atoms with van der Waals surface area (Å²) in [4.78, 5) is 23.8. The van der Waals surface area contributed by atoms with Crippen molar-refractivity contribution >= 4 is 28.4 Å². The van der Waals surface area contributed by atoms with Crippen LogP contribution in [0.25, 0.3) is 21.9 Å². The molecular weight excluding hydrogens is 408 g/mol. The van der Waals surface area contributed by atoms with Gasteiger partial charge in [0.25, 0.3) is 0 Å². The summed E-state index contributed by atoms with van der Waals surface area (Å²) in [5.41, 5.74) is 7.71. The number of carbonyl (C=O) groups is 1. The number of methoxy groups -OCH3 is 3. The van der Waals surface area contributed by atoms with Crippen LogP contribution < -0.4 is 25.6 Å². The third-order valence-electron chi connectivity index (χ3n) is 5.07. The minimum Gasteiger partial charge on any atom is -0.496 e. The molecule has 1 atom stereocenters. The summed E-state index contributed by atoms with van der Waals surface area (Å²) in [6.07, 6.45) is 0.213. The van der Waals surface area contributed by atoms with Gasteiger partial charge in [0, 0.05) is 28.7 Å². The lowest BCUT2D eigenvalue weighted by molar-refractivity contribution is -0.117. The van der Waals surface area contributed by atoms with Crippen molar-refractivity contribution in [3.63, 3.8) is 0 Å². The molecule has 0 spiro atoms. The molecule has 3 aromatic rings. The maximum atomic E-state index is 12.5. The van der Waals surface area contributed by atoms with E-state index >= 15 is 0 Å². The fraction of sp³-hybridized carbons (Fsp3) is 0.286.